The standard InChI is InChI=1S/C25H29NO2/c1-3-18(2)16-19-4-10-23(11-5-19)25(27)28-24-14-12-22(13-15-24)21-8-6-20(17-26)7-9-21/h6-9,12-15,18-19,23H,3-5,10-11,16H2,1-2H3/t18-,19?,23?/m0/s1. The van der Waals surface area contributed by atoms with Gasteiger partial charge in [-0.05, 0) is 79.3 Å². The molecule has 0 aromatic heterocycles. The van der Waals surface area contributed by atoms with Crippen LogP contribution >= 0.6 is 0 Å². The van der Waals surface area contributed by atoms with Crippen LogP contribution in [-0.4, -0.2) is 5.97 Å². The van der Waals surface area contributed by atoms with Gasteiger partial charge < -0.3 is 4.74 Å². The van der Waals surface area contributed by atoms with Gasteiger partial charge >= 0.3 is 5.97 Å². The summed E-state index contributed by atoms with van der Waals surface area (Å²) in [6.45, 7) is 4.57. The van der Waals surface area contributed by atoms with Gasteiger partial charge in [-0.1, -0.05) is 44.5 Å². The van der Waals surface area contributed by atoms with Crippen LogP contribution in [0.4, 0.5) is 0 Å². The minimum absolute atomic E-state index is 0.0337. The van der Waals surface area contributed by atoms with Crippen LogP contribution in [0, 0.1) is 29.1 Å². The summed E-state index contributed by atoms with van der Waals surface area (Å²) in [5.41, 5.74) is 2.72. The largest absolute Gasteiger partial charge is 0.426 e. The number of nitrogens with zero attached hydrogens (tertiary/aromatic N) is 1. The quantitative estimate of drug-likeness (QED) is 0.435. The van der Waals surface area contributed by atoms with Gasteiger partial charge in [0.15, 0.2) is 0 Å². The SMILES string of the molecule is CC[C@H](C)CC1CCC(C(=O)Oc2ccc(-c3ccc(C#N)cc3)cc2)CC1. The van der Waals surface area contributed by atoms with Gasteiger partial charge in [0.2, 0.25) is 0 Å². The van der Waals surface area contributed by atoms with E-state index in [9.17, 15) is 4.79 Å². The van der Waals surface area contributed by atoms with E-state index in [1.165, 1.54) is 12.8 Å². The summed E-state index contributed by atoms with van der Waals surface area (Å²) in [5.74, 6) is 2.09. The first-order chi connectivity index (χ1) is 13.6. The summed E-state index contributed by atoms with van der Waals surface area (Å²) in [4.78, 5) is 12.5. The fourth-order valence-electron chi connectivity index (χ4n) is 4.02. The first-order valence-corrected chi connectivity index (χ1v) is 10.4. The number of rotatable bonds is 6. The number of esters is 1. The lowest BCUT2D eigenvalue weighted by atomic mass is 9.78. The fourth-order valence-corrected chi connectivity index (χ4v) is 4.02. The van der Waals surface area contributed by atoms with E-state index >= 15 is 0 Å². The molecule has 1 saturated carbocycles. The third-order valence-corrected chi connectivity index (χ3v) is 6.03. The molecule has 0 spiro atoms. The molecular formula is C25H29NO2. The number of nitriles is 1. The molecule has 3 rings (SSSR count). The Morgan fingerprint density at radius 2 is 1.61 bits per heavy atom. The van der Waals surface area contributed by atoms with Crippen molar-refractivity contribution in [1.82, 2.24) is 0 Å². The lowest BCUT2D eigenvalue weighted by Gasteiger charge is -2.28. The van der Waals surface area contributed by atoms with Crippen molar-refractivity contribution < 1.29 is 9.53 Å². The third kappa shape index (κ3) is 5.23. The van der Waals surface area contributed by atoms with Gasteiger partial charge in [-0.25, -0.2) is 0 Å². The molecular weight excluding hydrogens is 346 g/mol. The number of hydrogen-bond donors (Lipinski definition) is 0. The molecule has 0 aliphatic heterocycles. The number of carbonyl (C=O) groups excluding carboxylic acids is 1. The molecule has 0 bridgehead atoms. The van der Waals surface area contributed by atoms with Crippen molar-refractivity contribution in [3.05, 3.63) is 54.1 Å². The van der Waals surface area contributed by atoms with E-state index in [1.54, 1.807) is 12.1 Å². The van der Waals surface area contributed by atoms with E-state index in [-0.39, 0.29) is 11.9 Å². The molecule has 2 aromatic rings. The molecule has 3 heteroatoms. The van der Waals surface area contributed by atoms with Crippen molar-refractivity contribution in [2.45, 2.75) is 52.4 Å². The number of hydrogen-bond acceptors (Lipinski definition) is 3. The van der Waals surface area contributed by atoms with Crippen LogP contribution in [-0.2, 0) is 4.79 Å². The summed E-state index contributed by atoms with van der Waals surface area (Å²) < 4.78 is 5.64. The highest BCUT2D eigenvalue weighted by Gasteiger charge is 2.28. The third-order valence-electron chi connectivity index (χ3n) is 6.03. The molecule has 2 aromatic carbocycles. The predicted octanol–water partition coefficient (Wildman–Crippen LogP) is 6.37. The molecule has 1 fully saturated rings. The Bertz CT molecular complexity index is 809. The predicted molar refractivity (Wildman–Crippen MR) is 112 cm³/mol. The first-order valence-electron chi connectivity index (χ1n) is 10.4. The molecule has 0 radical (unpaired) electrons. The maximum atomic E-state index is 12.5. The zero-order chi connectivity index (χ0) is 19.9. The summed E-state index contributed by atoms with van der Waals surface area (Å²) in [6, 6.07) is 17.2. The Hall–Kier alpha value is -2.60. The molecule has 0 heterocycles. The van der Waals surface area contributed by atoms with Crippen molar-refractivity contribution in [2.75, 3.05) is 0 Å². The summed E-state index contributed by atoms with van der Waals surface area (Å²) in [6.07, 6.45) is 6.70. The Kier molecular flexibility index (Phi) is 6.87. The minimum Gasteiger partial charge on any atom is -0.426 e. The maximum Gasteiger partial charge on any atom is 0.314 e. The van der Waals surface area contributed by atoms with Gasteiger partial charge in [-0.2, -0.15) is 5.26 Å². The van der Waals surface area contributed by atoms with E-state index in [0.717, 1.165) is 48.6 Å². The van der Waals surface area contributed by atoms with E-state index in [0.29, 0.717) is 11.3 Å². The van der Waals surface area contributed by atoms with Gasteiger partial charge in [-0.15, -0.1) is 0 Å². The van der Waals surface area contributed by atoms with E-state index in [2.05, 4.69) is 19.9 Å². The highest BCUT2D eigenvalue weighted by Crippen LogP contribution is 2.34. The van der Waals surface area contributed by atoms with Gasteiger partial charge in [0.05, 0.1) is 17.6 Å². The van der Waals surface area contributed by atoms with E-state index in [1.807, 2.05) is 36.4 Å². The van der Waals surface area contributed by atoms with Gasteiger partial charge in [0, 0.05) is 0 Å². The molecule has 3 nitrogen and oxygen atoms in total. The lowest BCUT2D eigenvalue weighted by Crippen LogP contribution is -2.26. The minimum atomic E-state index is -0.0897. The lowest BCUT2D eigenvalue weighted by molar-refractivity contribution is -0.140. The smallest absolute Gasteiger partial charge is 0.314 e. The van der Waals surface area contributed by atoms with Crippen molar-refractivity contribution in [1.29, 1.82) is 5.26 Å². The molecule has 0 amide bonds. The first kappa shape index (κ1) is 20.1. The zero-order valence-corrected chi connectivity index (χ0v) is 16.9. The average molecular weight is 376 g/mol. The van der Waals surface area contributed by atoms with Crippen LogP contribution < -0.4 is 4.74 Å². The van der Waals surface area contributed by atoms with Crippen LogP contribution in [0.5, 0.6) is 5.75 Å². The Labute approximate surface area is 168 Å². The topological polar surface area (TPSA) is 50.1 Å². The monoisotopic (exact) mass is 375 g/mol. The number of benzene rings is 2. The van der Waals surface area contributed by atoms with Crippen LogP contribution in [0.3, 0.4) is 0 Å². The zero-order valence-electron chi connectivity index (χ0n) is 16.9. The molecule has 1 atom stereocenters. The van der Waals surface area contributed by atoms with Crippen LogP contribution in [0.25, 0.3) is 11.1 Å². The maximum absolute atomic E-state index is 12.5. The van der Waals surface area contributed by atoms with Gasteiger partial charge in [-0.3, -0.25) is 4.79 Å². The van der Waals surface area contributed by atoms with Crippen LogP contribution in [0.15, 0.2) is 48.5 Å². The molecule has 1 aliphatic rings. The van der Waals surface area contributed by atoms with E-state index < -0.39 is 0 Å². The molecule has 0 unspecified atom stereocenters. The summed E-state index contributed by atoms with van der Waals surface area (Å²) in [5, 5.41) is 8.89. The van der Waals surface area contributed by atoms with E-state index in [4.69, 9.17) is 10.00 Å². The van der Waals surface area contributed by atoms with Crippen LogP contribution in [0.1, 0.15) is 57.9 Å². The van der Waals surface area contributed by atoms with Gasteiger partial charge in [0.1, 0.15) is 5.75 Å². The van der Waals surface area contributed by atoms with Crippen molar-refractivity contribution in [3.63, 3.8) is 0 Å². The van der Waals surface area contributed by atoms with Crippen molar-refractivity contribution >= 4 is 5.97 Å². The summed E-state index contributed by atoms with van der Waals surface area (Å²) in [7, 11) is 0. The average Bonchev–Trinajstić information content (AvgIpc) is 2.74. The Balaban J connectivity index is 1.53. The highest BCUT2D eigenvalue weighted by molar-refractivity contribution is 5.75. The second-order valence-corrected chi connectivity index (χ2v) is 8.10. The second kappa shape index (κ2) is 9.55. The number of ether oxygens (including phenoxy) is 1. The fraction of sp³-hybridized carbons (Fsp3) is 0.440. The number of carbonyl (C=O) groups is 1. The van der Waals surface area contributed by atoms with Crippen molar-refractivity contribution in [2.24, 2.45) is 17.8 Å². The van der Waals surface area contributed by atoms with Gasteiger partial charge in [0.25, 0.3) is 0 Å². The van der Waals surface area contributed by atoms with Crippen molar-refractivity contribution in [3.8, 4) is 22.9 Å². The Morgan fingerprint density at radius 3 is 2.14 bits per heavy atom. The molecule has 28 heavy (non-hydrogen) atoms. The highest BCUT2D eigenvalue weighted by atomic mass is 16.5. The molecule has 146 valence electrons. The van der Waals surface area contributed by atoms with Crippen LogP contribution in [0.2, 0.25) is 0 Å². The molecule has 0 N–H and O–H groups in total. The molecule has 1 aliphatic carbocycles. The molecule has 0 saturated heterocycles. The second-order valence-electron chi connectivity index (χ2n) is 8.10. The normalized spacial score (nSPS) is 20.2. The Morgan fingerprint density at radius 1 is 1.04 bits per heavy atom. The summed E-state index contributed by atoms with van der Waals surface area (Å²) >= 11 is 0.